The molecule has 0 bridgehead atoms. The molecule has 1 heterocycles. The Morgan fingerprint density at radius 2 is 2.21 bits per heavy atom. The summed E-state index contributed by atoms with van der Waals surface area (Å²) < 4.78 is 5.18. The lowest BCUT2D eigenvalue weighted by molar-refractivity contribution is -0.144. The van der Waals surface area contributed by atoms with E-state index in [0.29, 0.717) is 6.42 Å². The number of ether oxygens (including phenoxy) is 1. The standard InChI is InChI=1S/C15H21NO3/c1-19-13-4-2-3-11(9-13)10-14(15(17)18)12-5-7-16-8-6-12/h2-4,9,12,14,16H,5-8,10H2,1H3,(H,17,18). The summed E-state index contributed by atoms with van der Waals surface area (Å²) in [5, 5.41) is 12.7. The van der Waals surface area contributed by atoms with E-state index in [1.807, 2.05) is 24.3 Å². The molecule has 1 aromatic carbocycles. The summed E-state index contributed by atoms with van der Waals surface area (Å²) in [7, 11) is 1.63. The molecule has 1 saturated heterocycles. The average Bonchev–Trinajstić information content (AvgIpc) is 2.45. The SMILES string of the molecule is COc1cccc(CC(C(=O)O)C2CCNCC2)c1. The van der Waals surface area contributed by atoms with Gasteiger partial charge in [-0.25, -0.2) is 0 Å². The van der Waals surface area contributed by atoms with Gasteiger partial charge in [0.1, 0.15) is 5.75 Å². The largest absolute Gasteiger partial charge is 0.497 e. The quantitative estimate of drug-likeness (QED) is 0.852. The van der Waals surface area contributed by atoms with Crippen LogP contribution >= 0.6 is 0 Å². The molecule has 104 valence electrons. The Balaban J connectivity index is 2.08. The minimum Gasteiger partial charge on any atom is -0.497 e. The van der Waals surface area contributed by atoms with E-state index in [2.05, 4.69) is 5.32 Å². The van der Waals surface area contributed by atoms with Crippen LogP contribution in [0.25, 0.3) is 0 Å². The molecule has 1 fully saturated rings. The molecular weight excluding hydrogens is 242 g/mol. The number of rotatable bonds is 5. The summed E-state index contributed by atoms with van der Waals surface area (Å²) in [5.41, 5.74) is 1.03. The van der Waals surface area contributed by atoms with Crippen molar-refractivity contribution in [1.82, 2.24) is 5.32 Å². The summed E-state index contributed by atoms with van der Waals surface area (Å²) >= 11 is 0. The first kappa shape index (κ1) is 13.9. The second-order valence-corrected chi connectivity index (χ2v) is 5.09. The maximum atomic E-state index is 11.5. The van der Waals surface area contributed by atoms with Gasteiger partial charge in [-0.15, -0.1) is 0 Å². The minimum atomic E-state index is -0.685. The minimum absolute atomic E-state index is 0.268. The number of methoxy groups -OCH3 is 1. The van der Waals surface area contributed by atoms with E-state index in [1.54, 1.807) is 7.11 Å². The summed E-state index contributed by atoms with van der Waals surface area (Å²) in [6.07, 6.45) is 2.47. The molecule has 1 unspecified atom stereocenters. The van der Waals surface area contributed by atoms with Crippen LogP contribution in [0.3, 0.4) is 0 Å². The predicted octanol–water partition coefficient (Wildman–Crippen LogP) is 1.94. The molecule has 0 aliphatic carbocycles. The second kappa shape index (κ2) is 6.57. The van der Waals surface area contributed by atoms with Crippen molar-refractivity contribution in [1.29, 1.82) is 0 Å². The maximum absolute atomic E-state index is 11.5. The van der Waals surface area contributed by atoms with E-state index in [0.717, 1.165) is 37.2 Å². The molecular formula is C15H21NO3. The molecule has 1 aliphatic heterocycles. The molecule has 2 rings (SSSR count). The Hall–Kier alpha value is -1.55. The molecule has 1 atom stereocenters. The molecule has 0 radical (unpaired) electrons. The van der Waals surface area contributed by atoms with Gasteiger partial charge in [0.25, 0.3) is 0 Å². The number of nitrogens with one attached hydrogen (secondary N) is 1. The highest BCUT2D eigenvalue weighted by Gasteiger charge is 2.29. The third-order valence-corrected chi connectivity index (χ3v) is 3.86. The number of aliphatic carboxylic acids is 1. The van der Waals surface area contributed by atoms with Gasteiger partial charge in [0.15, 0.2) is 0 Å². The van der Waals surface area contributed by atoms with Gasteiger partial charge >= 0.3 is 5.97 Å². The molecule has 1 aliphatic rings. The van der Waals surface area contributed by atoms with E-state index >= 15 is 0 Å². The predicted molar refractivity (Wildman–Crippen MR) is 73.4 cm³/mol. The highest BCUT2D eigenvalue weighted by Crippen LogP contribution is 2.26. The zero-order valence-electron chi connectivity index (χ0n) is 11.3. The summed E-state index contributed by atoms with van der Waals surface area (Å²) in [6.45, 7) is 1.85. The molecule has 1 aromatic rings. The number of hydrogen-bond acceptors (Lipinski definition) is 3. The van der Waals surface area contributed by atoms with E-state index in [9.17, 15) is 9.90 Å². The highest BCUT2D eigenvalue weighted by molar-refractivity contribution is 5.70. The molecule has 19 heavy (non-hydrogen) atoms. The Morgan fingerprint density at radius 3 is 2.84 bits per heavy atom. The van der Waals surface area contributed by atoms with Crippen LogP contribution < -0.4 is 10.1 Å². The fourth-order valence-corrected chi connectivity index (χ4v) is 2.76. The van der Waals surface area contributed by atoms with Gasteiger partial charge < -0.3 is 15.2 Å². The highest BCUT2D eigenvalue weighted by atomic mass is 16.5. The second-order valence-electron chi connectivity index (χ2n) is 5.09. The number of carboxylic acid groups (broad SMARTS) is 1. The van der Waals surface area contributed by atoms with Crippen molar-refractivity contribution in [2.24, 2.45) is 11.8 Å². The first-order valence-corrected chi connectivity index (χ1v) is 6.77. The van der Waals surface area contributed by atoms with Crippen LogP contribution in [0.1, 0.15) is 18.4 Å². The van der Waals surface area contributed by atoms with Crippen molar-refractivity contribution in [3.63, 3.8) is 0 Å². The maximum Gasteiger partial charge on any atom is 0.307 e. The normalized spacial score (nSPS) is 17.9. The van der Waals surface area contributed by atoms with Gasteiger partial charge in [-0.2, -0.15) is 0 Å². The third-order valence-electron chi connectivity index (χ3n) is 3.86. The number of carbonyl (C=O) groups is 1. The van der Waals surface area contributed by atoms with E-state index in [-0.39, 0.29) is 11.8 Å². The van der Waals surface area contributed by atoms with Crippen molar-refractivity contribution in [3.05, 3.63) is 29.8 Å². The Bertz CT molecular complexity index is 427. The van der Waals surface area contributed by atoms with Crippen LogP contribution in [0.2, 0.25) is 0 Å². The molecule has 4 nitrogen and oxygen atoms in total. The zero-order chi connectivity index (χ0) is 13.7. The number of carboxylic acids is 1. The van der Waals surface area contributed by atoms with Crippen molar-refractivity contribution >= 4 is 5.97 Å². The molecule has 0 amide bonds. The van der Waals surface area contributed by atoms with Crippen molar-refractivity contribution in [2.75, 3.05) is 20.2 Å². The molecule has 0 spiro atoms. The van der Waals surface area contributed by atoms with Crippen molar-refractivity contribution < 1.29 is 14.6 Å². The van der Waals surface area contributed by atoms with Crippen molar-refractivity contribution in [3.8, 4) is 5.75 Å². The van der Waals surface area contributed by atoms with Gasteiger partial charge in [-0.1, -0.05) is 12.1 Å². The monoisotopic (exact) mass is 263 g/mol. The summed E-state index contributed by atoms with van der Waals surface area (Å²) in [6, 6.07) is 7.69. The molecule has 4 heteroatoms. The van der Waals surface area contributed by atoms with Gasteiger partial charge in [-0.3, -0.25) is 4.79 Å². The first-order valence-electron chi connectivity index (χ1n) is 6.77. The number of piperidine rings is 1. The van der Waals surface area contributed by atoms with E-state index < -0.39 is 5.97 Å². The zero-order valence-corrected chi connectivity index (χ0v) is 11.3. The topological polar surface area (TPSA) is 58.6 Å². The van der Waals surface area contributed by atoms with Gasteiger partial charge in [0.2, 0.25) is 0 Å². The van der Waals surface area contributed by atoms with Gasteiger partial charge in [0, 0.05) is 0 Å². The van der Waals surface area contributed by atoms with E-state index in [4.69, 9.17) is 4.74 Å². The van der Waals surface area contributed by atoms with Crippen LogP contribution in [0.4, 0.5) is 0 Å². The smallest absolute Gasteiger partial charge is 0.307 e. The summed E-state index contributed by atoms with van der Waals surface area (Å²) in [4.78, 5) is 11.5. The Kier molecular flexibility index (Phi) is 4.80. The lowest BCUT2D eigenvalue weighted by Crippen LogP contribution is -2.35. The average molecular weight is 263 g/mol. The lowest BCUT2D eigenvalue weighted by atomic mass is 9.81. The number of hydrogen-bond donors (Lipinski definition) is 2. The fraction of sp³-hybridized carbons (Fsp3) is 0.533. The summed E-state index contributed by atoms with van der Waals surface area (Å²) in [5.74, 6) is 0.0702. The molecule has 0 saturated carbocycles. The Labute approximate surface area is 113 Å². The fourth-order valence-electron chi connectivity index (χ4n) is 2.76. The molecule has 2 N–H and O–H groups in total. The van der Waals surface area contributed by atoms with Crippen LogP contribution in [-0.4, -0.2) is 31.3 Å². The van der Waals surface area contributed by atoms with Crippen LogP contribution in [-0.2, 0) is 11.2 Å². The third kappa shape index (κ3) is 3.70. The van der Waals surface area contributed by atoms with Gasteiger partial charge in [0.05, 0.1) is 13.0 Å². The first-order chi connectivity index (χ1) is 9.20. The van der Waals surface area contributed by atoms with Crippen LogP contribution in [0.15, 0.2) is 24.3 Å². The van der Waals surface area contributed by atoms with Crippen LogP contribution in [0, 0.1) is 11.8 Å². The van der Waals surface area contributed by atoms with Crippen LogP contribution in [0.5, 0.6) is 5.75 Å². The Morgan fingerprint density at radius 1 is 1.47 bits per heavy atom. The lowest BCUT2D eigenvalue weighted by Gasteiger charge is -2.28. The van der Waals surface area contributed by atoms with Gasteiger partial charge in [-0.05, 0) is 56.0 Å². The van der Waals surface area contributed by atoms with Crippen molar-refractivity contribution in [2.45, 2.75) is 19.3 Å². The molecule has 0 aromatic heterocycles. The number of benzene rings is 1. The van der Waals surface area contributed by atoms with E-state index in [1.165, 1.54) is 0 Å².